The lowest BCUT2D eigenvalue weighted by Gasteiger charge is -2.53. The smallest absolute Gasteiger partial charge is 0.282 e. The number of carbonyl (C=O) groups is 1. The molecular weight excluding hydrogens is 549 g/mol. The molecule has 0 aliphatic carbocycles. The van der Waals surface area contributed by atoms with Crippen LogP contribution in [-0.4, -0.2) is 114 Å². The van der Waals surface area contributed by atoms with Gasteiger partial charge in [-0.2, -0.15) is 0 Å². The number of likely N-dealkylation sites (tertiary alicyclic amines) is 1. The molecule has 1 aromatic carbocycles. The third-order valence-corrected chi connectivity index (χ3v) is 8.95. The summed E-state index contributed by atoms with van der Waals surface area (Å²) in [5.41, 5.74) is 0.366. The molecule has 10 nitrogen and oxygen atoms in total. The van der Waals surface area contributed by atoms with Crippen LogP contribution < -0.4 is 9.64 Å². The molecule has 4 rings (SSSR count). The van der Waals surface area contributed by atoms with E-state index in [1.165, 1.54) is 37.4 Å². The molecule has 0 N–H and O–H groups in total. The number of aromatic nitrogens is 3. The summed E-state index contributed by atoms with van der Waals surface area (Å²) in [5.74, 6) is 0.871. The Bertz CT molecular complexity index is 1210. The zero-order chi connectivity index (χ0) is 31.1. The number of halogens is 1. The van der Waals surface area contributed by atoms with Crippen molar-refractivity contribution in [2.45, 2.75) is 66.0 Å². The Hall–Kier alpha value is -2.89. The number of hydrogen-bond donors (Lipinski definition) is 0. The number of rotatable bonds is 15. The molecule has 1 aromatic heterocycles. The highest BCUT2D eigenvalue weighted by Gasteiger charge is 2.50. The number of amides is 1. The van der Waals surface area contributed by atoms with Gasteiger partial charge in [0.2, 0.25) is 0 Å². The average molecular weight is 600 g/mol. The number of likely N-dealkylation sites (N-methyl/N-ethyl adjacent to an activating group) is 1. The fourth-order valence-corrected chi connectivity index (χ4v) is 6.59. The van der Waals surface area contributed by atoms with Crippen LogP contribution in [0.3, 0.4) is 0 Å². The summed E-state index contributed by atoms with van der Waals surface area (Å²) in [6.07, 6.45) is 4.85. The summed E-state index contributed by atoms with van der Waals surface area (Å²) in [4.78, 5) is 26.8. The van der Waals surface area contributed by atoms with E-state index in [-0.39, 0.29) is 34.6 Å². The van der Waals surface area contributed by atoms with Gasteiger partial charge in [-0.25, -0.2) is 9.37 Å². The first-order valence-electron chi connectivity index (χ1n) is 15.7. The molecule has 0 unspecified atom stereocenters. The van der Waals surface area contributed by atoms with Crippen LogP contribution in [0.4, 0.5) is 10.2 Å². The Kier molecular flexibility index (Phi) is 11.3. The van der Waals surface area contributed by atoms with Crippen molar-refractivity contribution in [3.8, 4) is 11.6 Å². The lowest BCUT2D eigenvalue weighted by Crippen LogP contribution is -2.62. The molecule has 2 aliphatic heterocycles. The number of anilines is 1. The first-order chi connectivity index (χ1) is 20.6. The minimum atomic E-state index is -0.498. The highest BCUT2D eigenvalue weighted by Crippen LogP contribution is 2.44. The van der Waals surface area contributed by atoms with Gasteiger partial charge < -0.3 is 24.2 Å². The van der Waals surface area contributed by atoms with E-state index in [4.69, 9.17) is 9.47 Å². The molecule has 0 radical (unpaired) electrons. The fourth-order valence-electron chi connectivity index (χ4n) is 6.59. The normalized spacial score (nSPS) is 17.2. The summed E-state index contributed by atoms with van der Waals surface area (Å²) in [7, 11) is 3.91. The van der Waals surface area contributed by atoms with Crippen LogP contribution in [-0.2, 0) is 4.74 Å². The lowest BCUT2D eigenvalue weighted by atomic mass is 9.76. The van der Waals surface area contributed by atoms with Crippen molar-refractivity contribution in [1.29, 1.82) is 0 Å². The maximum Gasteiger partial charge on any atom is 0.282 e. The Morgan fingerprint density at radius 1 is 1.16 bits per heavy atom. The third-order valence-electron chi connectivity index (χ3n) is 8.95. The molecule has 238 valence electrons. The molecule has 1 amide bonds. The molecule has 1 spiro atoms. The van der Waals surface area contributed by atoms with E-state index in [2.05, 4.69) is 50.8 Å². The summed E-state index contributed by atoms with van der Waals surface area (Å²) in [5, 5.41) is 8.21. The van der Waals surface area contributed by atoms with Crippen LogP contribution in [0.2, 0.25) is 0 Å². The summed E-state index contributed by atoms with van der Waals surface area (Å²) in [6, 6.07) is 4.52. The van der Waals surface area contributed by atoms with Crippen LogP contribution in [0.25, 0.3) is 0 Å². The Balaban J connectivity index is 1.42. The Labute approximate surface area is 256 Å². The zero-order valence-corrected chi connectivity index (χ0v) is 27.1. The van der Waals surface area contributed by atoms with Gasteiger partial charge in [0.15, 0.2) is 5.82 Å². The SMILES string of the molecule is CCN(C(=O)c1cc(F)ccc1Oc1nncnc1N1CCC2(C1)CN([C@@H](CCCN(C)CCOC)C(C)C)C2)C(C)C. The van der Waals surface area contributed by atoms with E-state index in [1.54, 1.807) is 12.0 Å². The lowest BCUT2D eigenvalue weighted by molar-refractivity contribution is -0.0345. The van der Waals surface area contributed by atoms with Gasteiger partial charge in [-0.3, -0.25) is 9.69 Å². The van der Waals surface area contributed by atoms with Crippen molar-refractivity contribution in [2.75, 3.05) is 71.5 Å². The molecule has 11 heteroatoms. The summed E-state index contributed by atoms with van der Waals surface area (Å²) in [6.45, 7) is 17.6. The monoisotopic (exact) mass is 599 g/mol. The van der Waals surface area contributed by atoms with E-state index in [1.807, 2.05) is 20.8 Å². The quantitative estimate of drug-likeness (QED) is 0.292. The Morgan fingerprint density at radius 2 is 1.93 bits per heavy atom. The largest absolute Gasteiger partial charge is 0.434 e. The van der Waals surface area contributed by atoms with Gasteiger partial charge in [-0.1, -0.05) is 13.8 Å². The predicted molar refractivity (Wildman–Crippen MR) is 166 cm³/mol. The molecule has 2 fully saturated rings. The standard InChI is InChI=1S/C32H50FN7O3/c1-8-40(24(4)5)31(41)26-18-25(33)11-12-28(26)43-30-29(34-22-35-36-30)38-15-13-32(19-38)20-39(21-32)27(23(2)3)10-9-14-37(6)16-17-42-7/h11-12,18,22-24,27H,8-10,13-17,19-21H2,1-7H3/t27-/m0/s1. The van der Waals surface area contributed by atoms with Gasteiger partial charge in [0.05, 0.1) is 12.2 Å². The van der Waals surface area contributed by atoms with Crippen molar-refractivity contribution in [3.05, 3.63) is 35.9 Å². The number of hydrogen-bond acceptors (Lipinski definition) is 9. The molecule has 0 saturated carbocycles. The maximum absolute atomic E-state index is 14.3. The number of carbonyl (C=O) groups excluding carboxylic acids is 1. The highest BCUT2D eigenvalue weighted by molar-refractivity contribution is 5.97. The second-order valence-corrected chi connectivity index (χ2v) is 12.8. The van der Waals surface area contributed by atoms with Gasteiger partial charge in [0, 0.05) is 63.9 Å². The fraction of sp³-hybridized carbons (Fsp3) is 0.688. The van der Waals surface area contributed by atoms with Crippen molar-refractivity contribution in [2.24, 2.45) is 11.3 Å². The van der Waals surface area contributed by atoms with E-state index in [0.717, 1.165) is 52.3 Å². The van der Waals surface area contributed by atoms with E-state index in [0.29, 0.717) is 24.3 Å². The highest BCUT2D eigenvalue weighted by atomic mass is 19.1. The van der Waals surface area contributed by atoms with E-state index >= 15 is 0 Å². The van der Waals surface area contributed by atoms with Crippen LogP contribution >= 0.6 is 0 Å². The van der Waals surface area contributed by atoms with Gasteiger partial charge in [-0.05, 0) is 77.7 Å². The summed E-state index contributed by atoms with van der Waals surface area (Å²) >= 11 is 0. The predicted octanol–water partition coefficient (Wildman–Crippen LogP) is 4.57. The van der Waals surface area contributed by atoms with Crippen LogP contribution in [0.15, 0.2) is 24.5 Å². The molecule has 2 saturated heterocycles. The minimum absolute atomic E-state index is 0.0391. The molecule has 2 aliphatic rings. The van der Waals surface area contributed by atoms with Crippen molar-refractivity contribution < 1.29 is 18.7 Å². The Morgan fingerprint density at radius 3 is 2.60 bits per heavy atom. The van der Waals surface area contributed by atoms with E-state index < -0.39 is 5.82 Å². The molecule has 3 heterocycles. The van der Waals surface area contributed by atoms with Gasteiger partial charge >= 0.3 is 0 Å². The summed E-state index contributed by atoms with van der Waals surface area (Å²) < 4.78 is 25.7. The van der Waals surface area contributed by atoms with Crippen molar-refractivity contribution in [3.63, 3.8) is 0 Å². The first-order valence-corrected chi connectivity index (χ1v) is 15.7. The van der Waals surface area contributed by atoms with Gasteiger partial charge in [0.25, 0.3) is 11.8 Å². The van der Waals surface area contributed by atoms with Crippen LogP contribution in [0.5, 0.6) is 11.6 Å². The topological polar surface area (TPSA) is 87.2 Å². The van der Waals surface area contributed by atoms with Gasteiger partial charge in [0.1, 0.15) is 17.9 Å². The second kappa shape index (κ2) is 14.7. The second-order valence-electron chi connectivity index (χ2n) is 12.8. The average Bonchev–Trinajstić information content (AvgIpc) is 3.40. The molecule has 0 bridgehead atoms. The molecule has 1 atom stereocenters. The molecule has 43 heavy (non-hydrogen) atoms. The molecular formula is C32H50FN7O3. The van der Waals surface area contributed by atoms with Crippen molar-refractivity contribution in [1.82, 2.24) is 29.9 Å². The van der Waals surface area contributed by atoms with Gasteiger partial charge in [-0.15, -0.1) is 10.2 Å². The zero-order valence-electron chi connectivity index (χ0n) is 27.1. The maximum atomic E-state index is 14.3. The minimum Gasteiger partial charge on any atom is -0.434 e. The number of methoxy groups -OCH3 is 1. The number of ether oxygens (including phenoxy) is 2. The first kappa shape index (κ1) is 33.0. The van der Waals surface area contributed by atoms with Crippen molar-refractivity contribution >= 4 is 11.7 Å². The molecule has 2 aromatic rings. The van der Waals surface area contributed by atoms with Crippen LogP contribution in [0.1, 0.15) is 64.2 Å². The number of nitrogens with zero attached hydrogens (tertiary/aromatic N) is 7. The number of benzene rings is 1. The van der Waals surface area contributed by atoms with E-state index in [9.17, 15) is 9.18 Å². The van der Waals surface area contributed by atoms with Crippen LogP contribution in [0, 0.1) is 17.2 Å². The third kappa shape index (κ3) is 7.99.